The van der Waals surface area contributed by atoms with Gasteiger partial charge in [-0.3, -0.25) is 4.79 Å². The summed E-state index contributed by atoms with van der Waals surface area (Å²) in [5.41, 5.74) is 7.87. The summed E-state index contributed by atoms with van der Waals surface area (Å²) >= 11 is 1.52. The molecular weight excluding hydrogens is 284 g/mol. The number of ketones is 1. The Labute approximate surface area is 129 Å². The standard InChI is InChI=1S/C16H20N2O2S/c1-16(2,3)14-9-21-15(18-14)8-13(19)11-6-5-10(20-4)7-12(11)17/h5-7,9H,8,17H2,1-4H3. The Balaban J connectivity index is 2.16. The number of nitrogens with two attached hydrogens (primary N) is 1. The molecule has 4 nitrogen and oxygen atoms in total. The van der Waals surface area contributed by atoms with E-state index in [0.717, 1.165) is 10.7 Å². The third-order valence-electron chi connectivity index (χ3n) is 3.19. The Kier molecular flexibility index (Phi) is 4.32. The molecule has 0 amide bonds. The summed E-state index contributed by atoms with van der Waals surface area (Å²) in [6.07, 6.45) is 0.275. The number of Topliss-reactive ketones (excluding diaryl/α,β-unsaturated/α-hetero) is 1. The summed E-state index contributed by atoms with van der Waals surface area (Å²) in [7, 11) is 1.57. The Bertz CT molecular complexity index is 657. The van der Waals surface area contributed by atoms with Gasteiger partial charge in [-0.15, -0.1) is 11.3 Å². The first-order chi connectivity index (χ1) is 9.81. The highest BCUT2D eigenvalue weighted by Gasteiger charge is 2.19. The fourth-order valence-electron chi connectivity index (χ4n) is 1.89. The molecule has 0 spiro atoms. The first-order valence-corrected chi connectivity index (χ1v) is 7.61. The van der Waals surface area contributed by atoms with Crippen LogP contribution in [0.1, 0.15) is 41.8 Å². The van der Waals surface area contributed by atoms with Crippen LogP contribution >= 0.6 is 11.3 Å². The lowest BCUT2D eigenvalue weighted by Gasteiger charge is -2.14. The van der Waals surface area contributed by atoms with Crippen molar-refractivity contribution >= 4 is 22.8 Å². The highest BCUT2D eigenvalue weighted by molar-refractivity contribution is 7.09. The molecule has 2 aromatic rings. The molecular formula is C16H20N2O2S. The van der Waals surface area contributed by atoms with Gasteiger partial charge in [0, 0.05) is 28.1 Å². The van der Waals surface area contributed by atoms with Crippen LogP contribution in [0.15, 0.2) is 23.6 Å². The number of hydrogen-bond acceptors (Lipinski definition) is 5. The van der Waals surface area contributed by atoms with Crippen LogP contribution in [0.3, 0.4) is 0 Å². The van der Waals surface area contributed by atoms with Gasteiger partial charge in [0.2, 0.25) is 0 Å². The molecule has 0 bridgehead atoms. The summed E-state index contributed by atoms with van der Waals surface area (Å²) in [6, 6.07) is 5.11. The van der Waals surface area contributed by atoms with E-state index in [1.165, 1.54) is 11.3 Å². The van der Waals surface area contributed by atoms with Gasteiger partial charge in [-0.1, -0.05) is 20.8 Å². The number of carbonyl (C=O) groups is 1. The number of hydrogen-bond donors (Lipinski definition) is 1. The largest absolute Gasteiger partial charge is 0.497 e. The van der Waals surface area contributed by atoms with Crippen molar-refractivity contribution in [2.75, 3.05) is 12.8 Å². The third-order valence-corrected chi connectivity index (χ3v) is 4.04. The smallest absolute Gasteiger partial charge is 0.171 e. The highest BCUT2D eigenvalue weighted by atomic mass is 32.1. The van der Waals surface area contributed by atoms with Gasteiger partial charge in [-0.25, -0.2) is 4.98 Å². The van der Waals surface area contributed by atoms with Crippen molar-refractivity contribution in [1.29, 1.82) is 0 Å². The molecule has 0 unspecified atom stereocenters. The van der Waals surface area contributed by atoms with Gasteiger partial charge >= 0.3 is 0 Å². The summed E-state index contributed by atoms with van der Waals surface area (Å²) in [5, 5.41) is 2.83. The maximum absolute atomic E-state index is 12.3. The van der Waals surface area contributed by atoms with Gasteiger partial charge in [0.05, 0.1) is 19.2 Å². The van der Waals surface area contributed by atoms with Crippen molar-refractivity contribution in [3.63, 3.8) is 0 Å². The van der Waals surface area contributed by atoms with Crippen LogP contribution in [0.2, 0.25) is 0 Å². The number of thiazole rings is 1. The number of aromatic nitrogens is 1. The van der Waals surface area contributed by atoms with Crippen molar-refractivity contribution in [2.24, 2.45) is 0 Å². The van der Waals surface area contributed by atoms with E-state index in [2.05, 4.69) is 25.8 Å². The van der Waals surface area contributed by atoms with Crippen LogP contribution in [0.25, 0.3) is 0 Å². The molecule has 0 aliphatic rings. The second kappa shape index (κ2) is 5.85. The number of rotatable bonds is 4. The summed E-state index contributed by atoms with van der Waals surface area (Å²) in [4.78, 5) is 16.9. The van der Waals surface area contributed by atoms with Crippen molar-refractivity contribution in [2.45, 2.75) is 32.6 Å². The van der Waals surface area contributed by atoms with Gasteiger partial charge < -0.3 is 10.5 Å². The number of nitrogen functional groups attached to an aromatic ring is 1. The van der Waals surface area contributed by atoms with Crippen LogP contribution in [-0.2, 0) is 11.8 Å². The molecule has 1 heterocycles. The Morgan fingerprint density at radius 3 is 2.62 bits per heavy atom. The minimum absolute atomic E-state index is 0.00304. The second-order valence-corrected chi connectivity index (χ2v) is 6.87. The lowest BCUT2D eigenvalue weighted by molar-refractivity contribution is 0.0993. The number of ether oxygens (including phenoxy) is 1. The van der Waals surface area contributed by atoms with E-state index in [1.54, 1.807) is 25.3 Å². The summed E-state index contributed by atoms with van der Waals surface area (Å²) in [6.45, 7) is 6.32. The Hall–Kier alpha value is -1.88. The highest BCUT2D eigenvalue weighted by Crippen LogP contribution is 2.26. The second-order valence-electron chi connectivity index (χ2n) is 5.93. The average molecular weight is 304 g/mol. The van der Waals surface area contributed by atoms with Gasteiger partial charge in [-0.05, 0) is 12.1 Å². The van der Waals surface area contributed by atoms with Gasteiger partial charge in [0.1, 0.15) is 10.8 Å². The Morgan fingerprint density at radius 2 is 2.10 bits per heavy atom. The molecule has 1 aromatic heterocycles. The van der Waals surface area contributed by atoms with Gasteiger partial charge in [-0.2, -0.15) is 0 Å². The van der Waals surface area contributed by atoms with Crippen LogP contribution in [0, 0.1) is 0 Å². The minimum atomic E-state index is -0.0232. The SMILES string of the molecule is COc1ccc(C(=O)Cc2nc(C(C)(C)C)cs2)c(N)c1. The molecule has 21 heavy (non-hydrogen) atoms. The number of anilines is 1. The molecule has 0 aliphatic carbocycles. The maximum atomic E-state index is 12.3. The molecule has 0 radical (unpaired) electrons. The average Bonchev–Trinajstić information content (AvgIpc) is 2.86. The van der Waals surface area contributed by atoms with Crippen LogP contribution in [0.5, 0.6) is 5.75 Å². The van der Waals surface area contributed by atoms with E-state index in [4.69, 9.17) is 10.5 Å². The molecule has 0 aliphatic heterocycles. The topological polar surface area (TPSA) is 65.2 Å². The normalized spacial score (nSPS) is 11.4. The lowest BCUT2D eigenvalue weighted by atomic mass is 9.93. The van der Waals surface area contributed by atoms with E-state index < -0.39 is 0 Å². The number of carbonyl (C=O) groups excluding carboxylic acids is 1. The van der Waals surface area contributed by atoms with Crippen molar-refractivity contribution in [3.8, 4) is 5.75 Å². The maximum Gasteiger partial charge on any atom is 0.171 e. The third kappa shape index (κ3) is 3.61. The molecule has 0 saturated carbocycles. The molecule has 2 rings (SSSR count). The van der Waals surface area contributed by atoms with E-state index in [1.807, 2.05) is 5.38 Å². The van der Waals surface area contributed by atoms with Gasteiger partial charge in [0.15, 0.2) is 5.78 Å². The number of methoxy groups -OCH3 is 1. The van der Waals surface area contributed by atoms with Crippen molar-refractivity contribution in [1.82, 2.24) is 4.98 Å². The van der Waals surface area contributed by atoms with E-state index in [-0.39, 0.29) is 17.6 Å². The monoisotopic (exact) mass is 304 g/mol. The Morgan fingerprint density at radius 1 is 1.38 bits per heavy atom. The van der Waals surface area contributed by atoms with E-state index >= 15 is 0 Å². The zero-order valence-corrected chi connectivity index (χ0v) is 13.6. The van der Waals surface area contributed by atoms with E-state index in [0.29, 0.717) is 17.0 Å². The molecule has 2 N–H and O–H groups in total. The molecule has 0 atom stereocenters. The number of benzene rings is 1. The number of nitrogens with zero attached hydrogens (tertiary/aromatic N) is 1. The molecule has 112 valence electrons. The molecule has 0 fully saturated rings. The molecule has 0 saturated heterocycles. The van der Waals surface area contributed by atoms with E-state index in [9.17, 15) is 4.79 Å². The predicted molar refractivity (Wildman–Crippen MR) is 86.3 cm³/mol. The molecule has 5 heteroatoms. The summed E-state index contributed by atoms with van der Waals surface area (Å²) in [5.74, 6) is 0.623. The molecule has 1 aromatic carbocycles. The first kappa shape index (κ1) is 15.5. The zero-order chi connectivity index (χ0) is 15.6. The van der Waals surface area contributed by atoms with Gasteiger partial charge in [0.25, 0.3) is 0 Å². The summed E-state index contributed by atoms with van der Waals surface area (Å²) < 4.78 is 5.09. The quantitative estimate of drug-likeness (QED) is 0.694. The zero-order valence-electron chi connectivity index (χ0n) is 12.8. The van der Waals surface area contributed by atoms with Crippen LogP contribution in [0.4, 0.5) is 5.69 Å². The van der Waals surface area contributed by atoms with Crippen LogP contribution < -0.4 is 10.5 Å². The fourth-order valence-corrected chi connectivity index (χ4v) is 2.91. The fraction of sp³-hybridized carbons (Fsp3) is 0.375. The van der Waals surface area contributed by atoms with Crippen LogP contribution in [-0.4, -0.2) is 17.9 Å². The lowest BCUT2D eigenvalue weighted by Crippen LogP contribution is -2.12. The first-order valence-electron chi connectivity index (χ1n) is 6.73. The minimum Gasteiger partial charge on any atom is -0.497 e. The predicted octanol–water partition coefficient (Wildman–Crippen LogP) is 3.46. The van der Waals surface area contributed by atoms with Crippen molar-refractivity contribution in [3.05, 3.63) is 39.8 Å². The van der Waals surface area contributed by atoms with Crippen molar-refractivity contribution < 1.29 is 9.53 Å².